The molecule has 1 unspecified atom stereocenters. The monoisotopic (exact) mass is 234 g/mol. The van der Waals surface area contributed by atoms with Crippen LogP contribution >= 0.6 is 0 Å². The number of alkyl halides is 3. The maximum absolute atomic E-state index is 12.4. The average molecular weight is 234 g/mol. The highest BCUT2D eigenvalue weighted by atomic mass is 19.4. The van der Waals surface area contributed by atoms with Crippen LogP contribution in [0.15, 0.2) is 6.07 Å². The fraction of sp³-hybridized carbons (Fsp3) is 0.667. The quantitative estimate of drug-likeness (QED) is 0.772. The van der Waals surface area contributed by atoms with Crippen molar-refractivity contribution in [3.05, 3.63) is 11.8 Å². The summed E-state index contributed by atoms with van der Waals surface area (Å²) in [5, 5.41) is 6.64. The molecule has 1 atom stereocenters. The molecule has 16 heavy (non-hydrogen) atoms. The van der Waals surface area contributed by atoms with E-state index in [-0.39, 0.29) is 11.9 Å². The predicted molar refractivity (Wildman–Crippen MR) is 52.8 cm³/mol. The van der Waals surface area contributed by atoms with Crippen LogP contribution in [0.4, 0.5) is 19.0 Å². The standard InChI is InChI=1S/C9H13F3N4/c10-9(11,12)7-4-8(13)16(15-7)6-2-1-3-14-5-6/h4,6,14H,1-3,5,13H2. The van der Waals surface area contributed by atoms with Gasteiger partial charge in [0.1, 0.15) is 5.82 Å². The molecule has 2 heterocycles. The van der Waals surface area contributed by atoms with Crippen molar-refractivity contribution in [2.75, 3.05) is 18.8 Å². The van der Waals surface area contributed by atoms with E-state index in [0.29, 0.717) is 6.54 Å². The smallest absolute Gasteiger partial charge is 0.384 e. The lowest BCUT2D eigenvalue weighted by Gasteiger charge is -2.23. The van der Waals surface area contributed by atoms with E-state index in [2.05, 4.69) is 10.4 Å². The summed E-state index contributed by atoms with van der Waals surface area (Å²) in [4.78, 5) is 0. The molecule has 1 saturated heterocycles. The Balaban J connectivity index is 2.24. The van der Waals surface area contributed by atoms with Crippen molar-refractivity contribution < 1.29 is 13.2 Å². The van der Waals surface area contributed by atoms with Crippen LogP contribution in [0.3, 0.4) is 0 Å². The molecule has 1 fully saturated rings. The number of anilines is 1. The summed E-state index contributed by atoms with van der Waals surface area (Å²) in [5.74, 6) is 0.0704. The molecule has 4 nitrogen and oxygen atoms in total. The van der Waals surface area contributed by atoms with Crippen LogP contribution in [0.5, 0.6) is 0 Å². The number of hydrogen-bond donors (Lipinski definition) is 2. The van der Waals surface area contributed by atoms with Crippen molar-refractivity contribution in [1.82, 2.24) is 15.1 Å². The van der Waals surface area contributed by atoms with Gasteiger partial charge in [0.2, 0.25) is 0 Å². The second-order valence-electron chi connectivity index (χ2n) is 3.90. The number of hydrogen-bond acceptors (Lipinski definition) is 3. The molecule has 1 aromatic rings. The number of halogens is 3. The van der Waals surface area contributed by atoms with Gasteiger partial charge in [-0.25, -0.2) is 4.68 Å². The van der Waals surface area contributed by atoms with Crippen LogP contribution in [-0.2, 0) is 6.18 Å². The summed E-state index contributed by atoms with van der Waals surface area (Å²) in [5.41, 5.74) is 4.62. The van der Waals surface area contributed by atoms with E-state index in [0.717, 1.165) is 25.5 Å². The molecule has 3 N–H and O–H groups in total. The summed E-state index contributed by atoms with van der Waals surface area (Å²) < 4.78 is 38.5. The van der Waals surface area contributed by atoms with Gasteiger partial charge in [-0.1, -0.05) is 0 Å². The minimum absolute atomic E-state index is 0.0704. The fourth-order valence-corrected chi connectivity index (χ4v) is 1.88. The molecule has 0 amide bonds. The zero-order valence-corrected chi connectivity index (χ0v) is 8.59. The molecular formula is C9H13F3N4. The van der Waals surface area contributed by atoms with E-state index in [1.165, 1.54) is 4.68 Å². The van der Waals surface area contributed by atoms with Crippen molar-refractivity contribution in [2.45, 2.75) is 25.1 Å². The lowest BCUT2D eigenvalue weighted by molar-refractivity contribution is -0.141. The number of rotatable bonds is 1. The largest absolute Gasteiger partial charge is 0.435 e. The SMILES string of the molecule is Nc1cc(C(F)(F)F)nn1C1CCCNC1. The van der Waals surface area contributed by atoms with Gasteiger partial charge in [0.15, 0.2) is 5.69 Å². The van der Waals surface area contributed by atoms with Crippen LogP contribution in [0.25, 0.3) is 0 Å². The van der Waals surface area contributed by atoms with Crippen LogP contribution in [0.2, 0.25) is 0 Å². The number of nitrogens with one attached hydrogen (secondary N) is 1. The van der Waals surface area contributed by atoms with E-state index in [1.54, 1.807) is 0 Å². The maximum atomic E-state index is 12.4. The molecule has 0 aromatic carbocycles. The van der Waals surface area contributed by atoms with Crippen LogP contribution in [-0.4, -0.2) is 22.9 Å². The summed E-state index contributed by atoms with van der Waals surface area (Å²) in [6.45, 7) is 1.51. The highest BCUT2D eigenvalue weighted by Gasteiger charge is 2.35. The zero-order chi connectivity index (χ0) is 11.8. The number of nitrogens with zero attached hydrogens (tertiary/aromatic N) is 2. The van der Waals surface area contributed by atoms with E-state index < -0.39 is 11.9 Å². The normalized spacial score (nSPS) is 22.3. The van der Waals surface area contributed by atoms with Crippen molar-refractivity contribution in [3.63, 3.8) is 0 Å². The average Bonchev–Trinajstić information content (AvgIpc) is 2.61. The lowest BCUT2D eigenvalue weighted by atomic mass is 10.1. The Morgan fingerprint density at radius 1 is 1.50 bits per heavy atom. The number of nitrogen functional groups attached to an aromatic ring is 1. The fourth-order valence-electron chi connectivity index (χ4n) is 1.88. The van der Waals surface area contributed by atoms with Crippen molar-refractivity contribution in [3.8, 4) is 0 Å². The van der Waals surface area contributed by atoms with Gasteiger partial charge in [0.25, 0.3) is 0 Å². The number of piperidine rings is 1. The summed E-state index contributed by atoms with van der Waals surface area (Å²) in [6.07, 6.45) is -2.71. The van der Waals surface area contributed by atoms with Gasteiger partial charge in [-0.05, 0) is 19.4 Å². The second-order valence-corrected chi connectivity index (χ2v) is 3.90. The Kier molecular flexibility index (Phi) is 2.79. The van der Waals surface area contributed by atoms with Gasteiger partial charge < -0.3 is 11.1 Å². The zero-order valence-electron chi connectivity index (χ0n) is 8.59. The minimum Gasteiger partial charge on any atom is -0.384 e. The molecule has 0 saturated carbocycles. The molecule has 2 rings (SSSR count). The van der Waals surface area contributed by atoms with Crippen molar-refractivity contribution >= 4 is 5.82 Å². The van der Waals surface area contributed by atoms with Crippen LogP contribution in [0, 0.1) is 0 Å². The Morgan fingerprint density at radius 2 is 2.25 bits per heavy atom. The van der Waals surface area contributed by atoms with Crippen LogP contribution in [0.1, 0.15) is 24.6 Å². The third-order valence-corrected chi connectivity index (χ3v) is 2.67. The maximum Gasteiger partial charge on any atom is 0.435 e. The first-order valence-electron chi connectivity index (χ1n) is 5.11. The summed E-state index contributed by atoms with van der Waals surface area (Å²) >= 11 is 0. The lowest BCUT2D eigenvalue weighted by Crippen LogP contribution is -2.32. The highest BCUT2D eigenvalue weighted by Crippen LogP contribution is 2.31. The van der Waals surface area contributed by atoms with Gasteiger partial charge >= 0.3 is 6.18 Å². The predicted octanol–water partition coefficient (Wildman–Crippen LogP) is 1.41. The van der Waals surface area contributed by atoms with E-state index in [9.17, 15) is 13.2 Å². The van der Waals surface area contributed by atoms with Crippen molar-refractivity contribution in [2.24, 2.45) is 0 Å². The second kappa shape index (κ2) is 3.97. The van der Waals surface area contributed by atoms with Crippen LogP contribution < -0.4 is 11.1 Å². The molecule has 1 aliphatic rings. The Morgan fingerprint density at radius 3 is 2.75 bits per heavy atom. The molecule has 0 spiro atoms. The Hall–Kier alpha value is -1.24. The minimum atomic E-state index is -4.43. The Bertz CT molecular complexity index is 365. The number of aromatic nitrogens is 2. The van der Waals surface area contributed by atoms with Crippen molar-refractivity contribution in [1.29, 1.82) is 0 Å². The Labute approximate surface area is 90.6 Å². The summed E-state index contributed by atoms with van der Waals surface area (Å²) in [7, 11) is 0. The van der Waals surface area contributed by atoms with Gasteiger partial charge in [-0.2, -0.15) is 18.3 Å². The third-order valence-electron chi connectivity index (χ3n) is 2.67. The first-order chi connectivity index (χ1) is 7.48. The molecule has 1 aliphatic heterocycles. The van der Waals surface area contributed by atoms with E-state index in [1.807, 2.05) is 0 Å². The molecule has 0 radical (unpaired) electrons. The van der Waals surface area contributed by atoms with Gasteiger partial charge in [0, 0.05) is 12.6 Å². The highest BCUT2D eigenvalue weighted by molar-refractivity contribution is 5.32. The molecule has 0 bridgehead atoms. The van der Waals surface area contributed by atoms with Gasteiger partial charge in [-0.3, -0.25) is 0 Å². The molecular weight excluding hydrogens is 221 g/mol. The number of nitrogens with two attached hydrogens (primary N) is 1. The molecule has 0 aliphatic carbocycles. The molecule has 90 valence electrons. The van der Waals surface area contributed by atoms with Gasteiger partial charge in [-0.15, -0.1) is 0 Å². The van der Waals surface area contributed by atoms with E-state index in [4.69, 9.17) is 5.73 Å². The third kappa shape index (κ3) is 2.13. The molecule has 7 heteroatoms. The summed E-state index contributed by atoms with van der Waals surface area (Å²) in [6, 6.07) is 0.805. The first-order valence-corrected chi connectivity index (χ1v) is 5.11. The van der Waals surface area contributed by atoms with Gasteiger partial charge in [0.05, 0.1) is 6.04 Å². The first kappa shape index (κ1) is 11.3. The topological polar surface area (TPSA) is 55.9 Å². The molecule has 1 aromatic heterocycles. The van der Waals surface area contributed by atoms with E-state index >= 15 is 0 Å².